The van der Waals surface area contributed by atoms with Crippen LogP contribution in [0.25, 0.3) is 0 Å². The van der Waals surface area contributed by atoms with Gasteiger partial charge in [0.05, 0.1) is 12.7 Å². The van der Waals surface area contributed by atoms with Crippen molar-refractivity contribution in [3.05, 3.63) is 54.1 Å². The molecule has 22 heavy (non-hydrogen) atoms. The molecule has 0 saturated heterocycles. The van der Waals surface area contributed by atoms with Crippen LogP contribution in [0, 0.1) is 0 Å². The fourth-order valence-electron chi connectivity index (χ4n) is 2.00. The fourth-order valence-corrected chi connectivity index (χ4v) is 2.00. The zero-order valence-electron chi connectivity index (χ0n) is 12.8. The summed E-state index contributed by atoms with van der Waals surface area (Å²) in [4.78, 5) is 25.3. The Morgan fingerprint density at radius 3 is 2.50 bits per heavy atom. The van der Waals surface area contributed by atoms with E-state index in [0.29, 0.717) is 22.7 Å². The molecule has 0 bridgehead atoms. The van der Waals surface area contributed by atoms with E-state index in [1.165, 1.54) is 18.9 Å². The van der Waals surface area contributed by atoms with Gasteiger partial charge in [0.1, 0.15) is 5.75 Å². The Hall–Kier alpha value is -2.82. The Kier molecular flexibility index (Phi) is 4.78. The molecular weight excluding hydrogens is 280 g/mol. The summed E-state index contributed by atoms with van der Waals surface area (Å²) in [6, 6.07) is 14.1. The number of rotatable bonds is 4. The highest BCUT2D eigenvalue weighted by Crippen LogP contribution is 2.22. The summed E-state index contributed by atoms with van der Waals surface area (Å²) in [6.45, 7) is 1.49. The van der Waals surface area contributed by atoms with E-state index in [1.807, 2.05) is 0 Å². The monoisotopic (exact) mass is 298 g/mol. The number of amides is 2. The Balaban J connectivity index is 2.22. The molecule has 0 radical (unpaired) electrons. The summed E-state index contributed by atoms with van der Waals surface area (Å²) in [7, 11) is 3.21. The molecule has 2 amide bonds. The lowest BCUT2D eigenvalue weighted by Crippen LogP contribution is -2.23. The number of ether oxygens (including phenoxy) is 1. The number of carbonyl (C=O) groups is 2. The third-order valence-corrected chi connectivity index (χ3v) is 3.32. The van der Waals surface area contributed by atoms with E-state index in [1.54, 1.807) is 55.6 Å². The highest BCUT2D eigenvalue weighted by Gasteiger charge is 2.12. The average molecular weight is 298 g/mol. The molecule has 2 rings (SSSR count). The molecule has 0 saturated carbocycles. The minimum Gasteiger partial charge on any atom is -0.496 e. The third kappa shape index (κ3) is 3.44. The minimum atomic E-state index is -0.264. The maximum Gasteiger partial charge on any atom is 0.259 e. The molecule has 0 heterocycles. The third-order valence-electron chi connectivity index (χ3n) is 3.32. The molecule has 0 unspecified atom stereocenters. The first-order valence-corrected chi connectivity index (χ1v) is 6.81. The molecule has 1 N–H and O–H groups in total. The molecule has 2 aromatic rings. The predicted molar refractivity (Wildman–Crippen MR) is 86.5 cm³/mol. The molecule has 0 spiro atoms. The van der Waals surface area contributed by atoms with Gasteiger partial charge in [-0.25, -0.2) is 0 Å². The SMILES string of the molecule is COc1ccccc1C(=O)Nc1cccc(N(C)C(C)=O)c1. The summed E-state index contributed by atoms with van der Waals surface area (Å²) < 4.78 is 5.18. The molecule has 0 aliphatic rings. The van der Waals surface area contributed by atoms with Crippen LogP contribution in [0.4, 0.5) is 11.4 Å². The van der Waals surface area contributed by atoms with E-state index in [0.717, 1.165) is 0 Å². The van der Waals surface area contributed by atoms with Crippen molar-refractivity contribution < 1.29 is 14.3 Å². The maximum atomic E-state index is 12.3. The van der Waals surface area contributed by atoms with Crippen LogP contribution in [0.1, 0.15) is 17.3 Å². The van der Waals surface area contributed by atoms with Gasteiger partial charge in [0.25, 0.3) is 5.91 Å². The van der Waals surface area contributed by atoms with Crippen LogP contribution in [0.3, 0.4) is 0 Å². The second kappa shape index (κ2) is 6.76. The molecule has 5 nitrogen and oxygen atoms in total. The van der Waals surface area contributed by atoms with Crippen LogP contribution in [0.15, 0.2) is 48.5 Å². The van der Waals surface area contributed by atoms with Crippen LogP contribution in [0.2, 0.25) is 0 Å². The van der Waals surface area contributed by atoms with Gasteiger partial charge in [-0.15, -0.1) is 0 Å². The van der Waals surface area contributed by atoms with Gasteiger partial charge in [-0.1, -0.05) is 18.2 Å². The second-order valence-corrected chi connectivity index (χ2v) is 4.78. The maximum absolute atomic E-state index is 12.3. The lowest BCUT2D eigenvalue weighted by Gasteiger charge is -2.16. The number of carbonyl (C=O) groups excluding carboxylic acids is 2. The molecule has 0 atom stereocenters. The number of para-hydroxylation sites is 1. The molecule has 0 aliphatic heterocycles. The molecule has 2 aromatic carbocycles. The summed E-state index contributed by atoms with van der Waals surface area (Å²) in [5, 5.41) is 2.81. The lowest BCUT2D eigenvalue weighted by molar-refractivity contribution is -0.116. The first-order chi connectivity index (χ1) is 10.5. The van der Waals surface area contributed by atoms with Gasteiger partial charge in [-0.2, -0.15) is 0 Å². The van der Waals surface area contributed by atoms with Crippen molar-refractivity contribution >= 4 is 23.2 Å². The fraction of sp³-hybridized carbons (Fsp3) is 0.176. The van der Waals surface area contributed by atoms with Gasteiger partial charge >= 0.3 is 0 Å². The quantitative estimate of drug-likeness (QED) is 0.944. The molecule has 0 fully saturated rings. The summed E-state index contributed by atoms with van der Waals surface area (Å²) in [6.07, 6.45) is 0. The van der Waals surface area contributed by atoms with Crippen molar-refractivity contribution in [2.75, 3.05) is 24.4 Å². The molecule has 5 heteroatoms. The molecule has 0 aliphatic carbocycles. The van der Waals surface area contributed by atoms with Crippen molar-refractivity contribution in [1.29, 1.82) is 0 Å². The van der Waals surface area contributed by atoms with Crippen LogP contribution in [0.5, 0.6) is 5.75 Å². The van der Waals surface area contributed by atoms with Crippen molar-refractivity contribution in [3.8, 4) is 5.75 Å². The number of nitrogens with zero attached hydrogens (tertiary/aromatic N) is 1. The van der Waals surface area contributed by atoms with E-state index in [2.05, 4.69) is 5.32 Å². The van der Waals surface area contributed by atoms with Gasteiger partial charge in [-0.05, 0) is 30.3 Å². The van der Waals surface area contributed by atoms with Gasteiger partial charge < -0.3 is 15.0 Å². The normalized spacial score (nSPS) is 9.95. The van der Waals surface area contributed by atoms with E-state index in [9.17, 15) is 9.59 Å². The van der Waals surface area contributed by atoms with Gasteiger partial charge in [0.15, 0.2) is 0 Å². The Labute approximate surface area is 129 Å². The van der Waals surface area contributed by atoms with E-state index in [4.69, 9.17) is 4.74 Å². The Bertz CT molecular complexity index is 698. The minimum absolute atomic E-state index is 0.0757. The topological polar surface area (TPSA) is 58.6 Å². The van der Waals surface area contributed by atoms with Crippen molar-refractivity contribution in [3.63, 3.8) is 0 Å². The smallest absolute Gasteiger partial charge is 0.259 e. The number of hydrogen-bond acceptors (Lipinski definition) is 3. The highest BCUT2D eigenvalue weighted by atomic mass is 16.5. The number of nitrogens with one attached hydrogen (secondary N) is 1. The predicted octanol–water partition coefficient (Wildman–Crippen LogP) is 2.93. The van der Waals surface area contributed by atoms with Crippen LogP contribution >= 0.6 is 0 Å². The first-order valence-electron chi connectivity index (χ1n) is 6.81. The van der Waals surface area contributed by atoms with Gasteiger partial charge in [0.2, 0.25) is 5.91 Å². The summed E-state index contributed by atoms with van der Waals surface area (Å²) in [5.74, 6) is 0.172. The molecule has 114 valence electrons. The second-order valence-electron chi connectivity index (χ2n) is 4.78. The van der Waals surface area contributed by atoms with E-state index >= 15 is 0 Å². The number of methoxy groups -OCH3 is 1. The molecular formula is C17H18N2O3. The molecule has 0 aromatic heterocycles. The van der Waals surface area contributed by atoms with Crippen LogP contribution in [-0.2, 0) is 4.79 Å². The van der Waals surface area contributed by atoms with E-state index < -0.39 is 0 Å². The first kappa shape index (κ1) is 15.6. The van der Waals surface area contributed by atoms with Gasteiger partial charge in [-0.3, -0.25) is 9.59 Å². The van der Waals surface area contributed by atoms with Gasteiger partial charge in [0, 0.05) is 25.3 Å². The standard InChI is InChI=1S/C17H18N2O3/c1-12(20)19(2)14-8-6-7-13(11-14)18-17(21)15-9-4-5-10-16(15)22-3/h4-11H,1-3H3,(H,18,21). The lowest BCUT2D eigenvalue weighted by atomic mass is 10.1. The summed E-state index contributed by atoms with van der Waals surface area (Å²) >= 11 is 0. The van der Waals surface area contributed by atoms with Crippen molar-refractivity contribution in [1.82, 2.24) is 0 Å². The van der Waals surface area contributed by atoms with Crippen LogP contribution in [-0.4, -0.2) is 26.0 Å². The number of hydrogen-bond donors (Lipinski definition) is 1. The largest absolute Gasteiger partial charge is 0.496 e. The zero-order chi connectivity index (χ0) is 16.1. The van der Waals surface area contributed by atoms with Crippen molar-refractivity contribution in [2.45, 2.75) is 6.92 Å². The highest BCUT2D eigenvalue weighted by molar-refractivity contribution is 6.06. The zero-order valence-corrected chi connectivity index (χ0v) is 12.8. The number of anilines is 2. The Morgan fingerprint density at radius 2 is 1.82 bits per heavy atom. The van der Waals surface area contributed by atoms with Crippen LogP contribution < -0.4 is 15.0 Å². The van der Waals surface area contributed by atoms with Crippen molar-refractivity contribution in [2.24, 2.45) is 0 Å². The average Bonchev–Trinajstić information content (AvgIpc) is 2.54. The Morgan fingerprint density at radius 1 is 1.09 bits per heavy atom. The van der Waals surface area contributed by atoms with E-state index in [-0.39, 0.29) is 11.8 Å². The number of benzene rings is 2. The summed E-state index contributed by atoms with van der Waals surface area (Å²) in [5.41, 5.74) is 1.78.